The highest BCUT2D eigenvalue weighted by molar-refractivity contribution is 5.84. The highest BCUT2D eigenvalue weighted by Gasteiger charge is 2.25. The molecule has 0 aliphatic heterocycles. The summed E-state index contributed by atoms with van der Waals surface area (Å²) in [5.41, 5.74) is 8.04. The third-order valence-electron chi connectivity index (χ3n) is 3.58. The molecule has 1 fully saturated rings. The van der Waals surface area contributed by atoms with Crippen LogP contribution in [0, 0.1) is 5.92 Å². The Morgan fingerprint density at radius 2 is 2.21 bits per heavy atom. The van der Waals surface area contributed by atoms with Gasteiger partial charge in [0.25, 0.3) is 0 Å². The van der Waals surface area contributed by atoms with E-state index in [1.165, 1.54) is 12.8 Å². The van der Waals surface area contributed by atoms with Crippen molar-refractivity contribution in [2.45, 2.75) is 25.3 Å². The predicted molar refractivity (Wildman–Crippen MR) is 73.7 cm³/mol. The highest BCUT2D eigenvalue weighted by Crippen LogP contribution is 2.29. The number of benzene rings is 1. The van der Waals surface area contributed by atoms with E-state index >= 15 is 0 Å². The number of carbonyl (C=O) groups excluding carboxylic acids is 1. The first-order chi connectivity index (χ1) is 9.24. The van der Waals surface area contributed by atoms with Gasteiger partial charge in [-0.05, 0) is 30.4 Å². The van der Waals surface area contributed by atoms with Crippen molar-refractivity contribution in [3.05, 3.63) is 36.0 Å². The average molecular weight is 258 g/mol. The number of carbonyl (C=O) groups is 1. The van der Waals surface area contributed by atoms with Gasteiger partial charge in [0.1, 0.15) is 6.04 Å². The Bertz CT molecular complexity index is 587. The maximum Gasteiger partial charge on any atom is 0.323 e. The van der Waals surface area contributed by atoms with E-state index in [2.05, 4.69) is 4.98 Å². The molecule has 100 valence electrons. The summed E-state index contributed by atoms with van der Waals surface area (Å²) in [4.78, 5) is 15.0. The zero-order valence-corrected chi connectivity index (χ0v) is 10.8. The van der Waals surface area contributed by atoms with E-state index in [0.29, 0.717) is 18.9 Å². The molecule has 1 aromatic carbocycles. The molecule has 0 unspecified atom stereocenters. The molecule has 1 atom stereocenters. The Hall–Kier alpha value is -1.81. The monoisotopic (exact) mass is 258 g/mol. The number of ether oxygens (including phenoxy) is 1. The first-order valence-electron chi connectivity index (χ1n) is 6.71. The van der Waals surface area contributed by atoms with Crippen LogP contribution in [0.5, 0.6) is 0 Å². The second-order valence-electron chi connectivity index (χ2n) is 5.24. The molecule has 4 heteroatoms. The van der Waals surface area contributed by atoms with Crippen molar-refractivity contribution in [3.8, 4) is 0 Å². The van der Waals surface area contributed by atoms with E-state index in [4.69, 9.17) is 10.5 Å². The van der Waals surface area contributed by atoms with Crippen molar-refractivity contribution in [3.63, 3.8) is 0 Å². The van der Waals surface area contributed by atoms with E-state index in [1.54, 1.807) is 0 Å². The van der Waals surface area contributed by atoms with E-state index in [9.17, 15) is 4.79 Å². The molecule has 4 nitrogen and oxygen atoms in total. The Labute approximate surface area is 111 Å². The lowest BCUT2D eigenvalue weighted by Crippen LogP contribution is -2.34. The van der Waals surface area contributed by atoms with Gasteiger partial charge in [-0.1, -0.05) is 18.2 Å². The van der Waals surface area contributed by atoms with Crippen LogP contribution in [0.15, 0.2) is 30.5 Å². The number of hydrogen-bond donors (Lipinski definition) is 2. The van der Waals surface area contributed by atoms with Gasteiger partial charge in [-0.15, -0.1) is 0 Å². The fourth-order valence-electron chi connectivity index (χ4n) is 2.21. The lowest BCUT2D eigenvalue weighted by atomic mass is 10.1. The second kappa shape index (κ2) is 5.05. The van der Waals surface area contributed by atoms with Crippen molar-refractivity contribution in [1.82, 2.24) is 4.98 Å². The standard InChI is InChI=1S/C15H18N2O2/c16-13(15(18)19-9-10-5-6-10)7-11-8-17-14-4-2-1-3-12(11)14/h1-4,8,10,13,17H,5-7,9,16H2/t13-/m0/s1. The molecule has 0 bridgehead atoms. The maximum atomic E-state index is 11.8. The number of aromatic nitrogens is 1. The van der Waals surface area contributed by atoms with Crippen LogP contribution in [0.25, 0.3) is 10.9 Å². The fraction of sp³-hybridized carbons (Fsp3) is 0.400. The molecule has 0 radical (unpaired) electrons. The van der Waals surface area contributed by atoms with Crippen LogP contribution in [0.2, 0.25) is 0 Å². The predicted octanol–water partition coefficient (Wildman–Crippen LogP) is 1.99. The number of H-pyrrole nitrogens is 1. The number of hydrogen-bond acceptors (Lipinski definition) is 3. The van der Waals surface area contributed by atoms with Gasteiger partial charge in [0, 0.05) is 23.5 Å². The number of fused-ring (bicyclic) bond motifs is 1. The quantitative estimate of drug-likeness (QED) is 0.806. The number of para-hydroxylation sites is 1. The second-order valence-corrected chi connectivity index (χ2v) is 5.24. The van der Waals surface area contributed by atoms with E-state index < -0.39 is 6.04 Å². The minimum atomic E-state index is -0.585. The number of esters is 1. The van der Waals surface area contributed by atoms with Crippen molar-refractivity contribution >= 4 is 16.9 Å². The van der Waals surface area contributed by atoms with Gasteiger partial charge in [0.05, 0.1) is 6.61 Å². The SMILES string of the molecule is N[C@@H](Cc1c[nH]c2ccccc12)C(=O)OCC1CC1. The zero-order chi connectivity index (χ0) is 13.2. The Morgan fingerprint density at radius 1 is 1.42 bits per heavy atom. The molecular formula is C15H18N2O2. The fourth-order valence-corrected chi connectivity index (χ4v) is 2.21. The number of rotatable bonds is 5. The van der Waals surface area contributed by atoms with Gasteiger partial charge < -0.3 is 15.5 Å². The summed E-state index contributed by atoms with van der Waals surface area (Å²) < 4.78 is 5.21. The molecule has 19 heavy (non-hydrogen) atoms. The van der Waals surface area contributed by atoms with Crippen molar-refractivity contribution in [1.29, 1.82) is 0 Å². The van der Waals surface area contributed by atoms with Gasteiger partial charge in [-0.3, -0.25) is 4.79 Å². The van der Waals surface area contributed by atoms with Crippen molar-refractivity contribution in [2.75, 3.05) is 6.61 Å². The lowest BCUT2D eigenvalue weighted by Gasteiger charge is -2.10. The Morgan fingerprint density at radius 3 is 3.00 bits per heavy atom. The molecule has 3 rings (SSSR count). The molecule has 0 spiro atoms. The van der Waals surface area contributed by atoms with Crippen LogP contribution in [0.1, 0.15) is 18.4 Å². The summed E-state index contributed by atoms with van der Waals surface area (Å²) in [7, 11) is 0. The molecular weight excluding hydrogens is 240 g/mol. The largest absolute Gasteiger partial charge is 0.464 e. The van der Waals surface area contributed by atoms with Crippen LogP contribution in [0.3, 0.4) is 0 Å². The molecule has 3 N–H and O–H groups in total. The maximum absolute atomic E-state index is 11.8. The van der Waals surface area contributed by atoms with E-state index in [0.717, 1.165) is 16.5 Å². The van der Waals surface area contributed by atoms with Crippen LogP contribution in [-0.4, -0.2) is 23.6 Å². The van der Waals surface area contributed by atoms with Gasteiger partial charge >= 0.3 is 5.97 Å². The number of nitrogens with one attached hydrogen (secondary N) is 1. The third-order valence-corrected chi connectivity index (χ3v) is 3.58. The van der Waals surface area contributed by atoms with Crippen molar-refractivity contribution in [2.24, 2.45) is 11.7 Å². The minimum Gasteiger partial charge on any atom is -0.464 e. The smallest absolute Gasteiger partial charge is 0.323 e. The number of nitrogens with two attached hydrogens (primary N) is 1. The summed E-state index contributed by atoms with van der Waals surface area (Å²) in [5, 5.41) is 1.12. The molecule has 1 saturated carbocycles. The van der Waals surface area contributed by atoms with Crippen LogP contribution >= 0.6 is 0 Å². The molecule has 0 amide bonds. The minimum absolute atomic E-state index is 0.294. The first kappa shape index (κ1) is 12.2. The Balaban J connectivity index is 1.64. The molecule has 2 aromatic rings. The van der Waals surface area contributed by atoms with Crippen LogP contribution in [0.4, 0.5) is 0 Å². The normalized spacial score (nSPS) is 16.5. The van der Waals surface area contributed by atoms with E-state index in [1.807, 2.05) is 30.5 Å². The molecule has 1 aromatic heterocycles. The first-order valence-corrected chi connectivity index (χ1v) is 6.71. The van der Waals surface area contributed by atoms with Gasteiger partial charge in [-0.25, -0.2) is 0 Å². The van der Waals surface area contributed by atoms with Gasteiger partial charge in [-0.2, -0.15) is 0 Å². The summed E-state index contributed by atoms with van der Waals surface area (Å²) in [5.74, 6) is 0.279. The van der Waals surface area contributed by atoms with Crippen LogP contribution < -0.4 is 5.73 Å². The molecule has 1 aliphatic carbocycles. The Kier molecular flexibility index (Phi) is 3.25. The summed E-state index contributed by atoms with van der Waals surface area (Å²) >= 11 is 0. The van der Waals surface area contributed by atoms with Crippen molar-refractivity contribution < 1.29 is 9.53 Å². The van der Waals surface area contributed by atoms with E-state index in [-0.39, 0.29) is 5.97 Å². The number of aromatic amines is 1. The molecule has 1 aliphatic rings. The summed E-state index contributed by atoms with van der Waals surface area (Å²) in [6.07, 6.45) is 4.77. The zero-order valence-electron chi connectivity index (χ0n) is 10.8. The topological polar surface area (TPSA) is 68.1 Å². The highest BCUT2D eigenvalue weighted by atomic mass is 16.5. The summed E-state index contributed by atoms with van der Waals surface area (Å²) in [6.45, 7) is 0.528. The third kappa shape index (κ3) is 2.79. The average Bonchev–Trinajstić information content (AvgIpc) is 3.18. The summed E-state index contributed by atoms with van der Waals surface area (Å²) in [6, 6.07) is 7.42. The lowest BCUT2D eigenvalue weighted by molar-refractivity contribution is -0.145. The van der Waals surface area contributed by atoms with Gasteiger partial charge in [0.15, 0.2) is 0 Å². The van der Waals surface area contributed by atoms with Gasteiger partial charge in [0.2, 0.25) is 0 Å². The molecule has 1 heterocycles. The molecule has 0 saturated heterocycles. The van der Waals surface area contributed by atoms with Crippen LogP contribution in [-0.2, 0) is 16.0 Å².